The Labute approximate surface area is 87.1 Å². The van der Waals surface area contributed by atoms with Crippen LogP contribution in [0.1, 0.15) is 13.3 Å². The molecule has 0 aliphatic rings. The monoisotopic (exact) mass is 208 g/mol. The van der Waals surface area contributed by atoms with Gasteiger partial charge in [-0.05, 0) is 12.5 Å². The highest BCUT2D eigenvalue weighted by molar-refractivity contribution is 6.39. The largest absolute Gasteiger partial charge is 0.348 e. The van der Waals surface area contributed by atoms with Gasteiger partial charge in [0, 0.05) is 18.9 Å². The molecule has 0 unspecified atom stereocenters. The summed E-state index contributed by atoms with van der Waals surface area (Å²) in [4.78, 5) is 29.9. The Bertz CT molecular complexity index is 339. The fraction of sp³-hybridized carbons (Fsp3) is 0.333. The number of amides is 2. The second kappa shape index (κ2) is 5.69. The Morgan fingerprint density at radius 2 is 1.93 bits per heavy atom. The minimum Gasteiger partial charge on any atom is -0.348 e. The van der Waals surface area contributed by atoms with Crippen LogP contribution in [0.5, 0.6) is 0 Å². The molecule has 0 fully saturated rings. The summed E-state index contributed by atoms with van der Waals surface area (Å²) >= 11 is 0. The number of hydrogen-bond acceptors (Lipinski definition) is 4. The number of anilines is 1. The molecule has 2 amide bonds. The van der Waals surface area contributed by atoms with Gasteiger partial charge in [-0.15, -0.1) is 0 Å². The standard InChI is InChI=1S/C9H12N4O2/c1-2-4-10-7(14)8(15)13-9-11-5-3-6-12-9/h3,5-6H,2,4H2,1H3,(H,10,14)(H,11,12,13,15). The molecule has 0 radical (unpaired) electrons. The highest BCUT2D eigenvalue weighted by Gasteiger charge is 2.13. The number of nitrogens with one attached hydrogen (secondary N) is 2. The molecule has 0 saturated carbocycles. The minimum atomic E-state index is -0.755. The first kappa shape index (κ1) is 11.1. The normalized spacial score (nSPS) is 9.40. The van der Waals surface area contributed by atoms with Gasteiger partial charge in [-0.1, -0.05) is 6.92 Å². The second-order valence-electron chi connectivity index (χ2n) is 2.78. The molecule has 80 valence electrons. The zero-order valence-corrected chi connectivity index (χ0v) is 8.36. The molecule has 15 heavy (non-hydrogen) atoms. The van der Waals surface area contributed by atoms with Gasteiger partial charge in [0.25, 0.3) is 0 Å². The van der Waals surface area contributed by atoms with E-state index in [1.807, 2.05) is 6.92 Å². The predicted octanol–water partition coefficient (Wildman–Crippen LogP) is -0.0587. The second-order valence-corrected chi connectivity index (χ2v) is 2.78. The number of carbonyl (C=O) groups is 2. The van der Waals surface area contributed by atoms with Crippen LogP contribution in [0.15, 0.2) is 18.5 Å². The lowest BCUT2D eigenvalue weighted by atomic mass is 10.4. The van der Waals surface area contributed by atoms with Crippen molar-refractivity contribution < 1.29 is 9.59 Å². The van der Waals surface area contributed by atoms with E-state index in [2.05, 4.69) is 20.6 Å². The summed E-state index contributed by atoms with van der Waals surface area (Å²) in [6.45, 7) is 2.38. The van der Waals surface area contributed by atoms with Gasteiger partial charge in [0.05, 0.1) is 0 Å². The van der Waals surface area contributed by atoms with Crippen molar-refractivity contribution in [2.75, 3.05) is 11.9 Å². The fourth-order valence-electron chi connectivity index (χ4n) is 0.841. The number of carbonyl (C=O) groups excluding carboxylic acids is 2. The van der Waals surface area contributed by atoms with Gasteiger partial charge in [0.1, 0.15) is 0 Å². The summed E-state index contributed by atoms with van der Waals surface area (Å²) in [5.74, 6) is -1.31. The van der Waals surface area contributed by atoms with Crippen molar-refractivity contribution in [1.82, 2.24) is 15.3 Å². The van der Waals surface area contributed by atoms with Gasteiger partial charge in [-0.3, -0.25) is 14.9 Å². The number of rotatable bonds is 3. The fourth-order valence-corrected chi connectivity index (χ4v) is 0.841. The molecule has 0 aliphatic carbocycles. The van der Waals surface area contributed by atoms with E-state index < -0.39 is 11.8 Å². The minimum absolute atomic E-state index is 0.120. The molecule has 0 bridgehead atoms. The first-order valence-corrected chi connectivity index (χ1v) is 4.60. The molecular formula is C9H12N4O2. The third-order valence-corrected chi connectivity index (χ3v) is 1.53. The van der Waals surface area contributed by atoms with Crippen molar-refractivity contribution in [3.05, 3.63) is 18.5 Å². The maximum atomic E-state index is 11.2. The topological polar surface area (TPSA) is 84.0 Å². The van der Waals surface area contributed by atoms with Crippen molar-refractivity contribution in [2.24, 2.45) is 0 Å². The molecule has 0 spiro atoms. The molecule has 6 heteroatoms. The number of hydrogen-bond donors (Lipinski definition) is 2. The van der Waals surface area contributed by atoms with Gasteiger partial charge in [-0.25, -0.2) is 9.97 Å². The van der Waals surface area contributed by atoms with Crippen LogP contribution in [-0.2, 0) is 9.59 Å². The molecule has 1 rings (SSSR count). The molecule has 1 heterocycles. The van der Waals surface area contributed by atoms with E-state index in [0.717, 1.165) is 6.42 Å². The van der Waals surface area contributed by atoms with Crippen LogP contribution in [0.3, 0.4) is 0 Å². The Morgan fingerprint density at radius 1 is 1.27 bits per heavy atom. The summed E-state index contributed by atoms with van der Waals surface area (Å²) in [6, 6.07) is 1.62. The molecule has 2 N–H and O–H groups in total. The maximum absolute atomic E-state index is 11.2. The van der Waals surface area contributed by atoms with E-state index in [-0.39, 0.29) is 5.95 Å². The Hall–Kier alpha value is -1.98. The van der Waals surface area contributed by atoms with Crippen LogP contribution >= 0.6 is 0 Å². The molecular weight excluding hydrogens is 196 g/mol. The van der Waals surface area contributed by atoms with Crippen LogP contribution in [-0.4, -0.2) is 28.3 Å². The highest BCUT2D eigenvalue weighted by Crippen LogP contribution is 1.93. The summed E-state index contributed by atoms with van der Waals surface area (Å²) < 4.78 is 0. The van der Waals surface area contributed by atoms with E-state index in [1.54, 1.807) is 6.07 Å². The molecule has 0 atom stereocenters. The van der Waals surface area contributed by atoms with Crippen LogP contribution < -0.4 is 10.6 Å². The van der Waals surface area contributed by atoms with Gasteiger partial charge >= 0.3 is 11.8 Å². The molecule has 0 aliphatic heterocycles. The lowest BCUT2D eigenvalue weighted by Gasteiger charge is -2.03. The van der Waals surface area contributed by atoms with E-state index in [4.69, 9.17) is 0 Å². The van der Waals surface area contributed by atoms with Crippen LogP contribution in [0.25, 0.3) is 0 Å². The quantitative estimate of drug-likeness (QED) is 0.681. The van der Waals surface area contributed by atoms with Gasteiger partial charge in [-0.2, -0.15) is 0 Å². The molecule has 6 nitrogen and oxygen atoms in total. The Kier molecular flexibility index (Phi) is 4.21. The van der Waals surface area contributed by atoms with Gasteiger partial charge < -0.3 is 5.32 Å². The zero-order chi connectivity index (χ0) is 11.1. The first-order valence-electron chi connectivity index (χ1n) is 4.60. The molecule has 1 aromatic heterocycles. The first-order chi connectivity index (χ1) is 7.24. The number of nitrogens with zero attached hydrogens (tertiary/aromatic N) is 2. The van der Waals surface area contributed by atoms with Gasteiger partial charge in [0.2, 0.25) is 5.95 Å². The SMILES string of the molecule is CCCNC(=O)C(=O)Nc1ncccn1. The smallest absolute Gasteiger partial charge is 0.316 e. The molecule has 1 aromatic rings. The van der Waals surface area contributed by atoms with E-state index in [0.29, 0.717) is 6.54 Å². The van der Waals surface area contributed by atoms with Gasteiger partial charge in [0.15, 0.2) is 0 Å². The lowest BCUT2D eigenvalue weighted by molar-refractivity contribution is -0.136. The summed E-state index contributed by atoms with van der Waals surface area (Å²) in [5, 5.41) is 4.72. The van der Waals surface area contributed by atoms with Crippen LogP contribution in [0, 0.1) is 0 Å². The van der Waals surface area contributed by atoms with Crippen LogP contribution in [0.2, 0.25) is 0 Å². The average molecular weight is 208 g/mol. The number of aromatic nitrogens is 2. The van der Waals surface area contributed by atoms with Crippen molar-refractivity contribution in [2.45, 2.75) is 13.3 Å². The molecule has 0 saturated heterocycles. The van der Waals surface area contributed by atoms with E-state index in [1.165, 1.54) is 12.4 Å². The van der Waals surface area contributed by atoms with Crippen molar-refractivity contribution >= 4 is 17.8 Å². The maximum Gasteiger partial charge on any atom is 0.316 e. The summed E-state index contributed by atoms with van der Waals surface area (Å²) in [5.41, 5.74) is 0. The van der Waals surface area contributed by atoms with Crippen molar-refractivity contribution in [3.63, 3.8) is 0 Å². The Balaban J connectivity index is 2.45. The van der Waals surface area contributed by atoms with Crippen molar-refractivity contribution in [3.8, 4) is 0 Å². The third-order valence-electron chi connectivity index (χ3n) is 1.53. The molecule has 0 aromatic carbocycles. The predicted molar refractivity (Wildman–Crippen MR) is 54.0 cm³/mol. The van der Waals surface area contributed by atoms with E-state index >= 15 is 0 Å². The summed E-state index contributed by atoms with van der Waals surface area (Å²) in [6.07, 6.45) is 3.74. The average Bonchev–Trinajstić information content (AvgIpc) is 2.27. The lowest BCUT2D eigenvalue weighted by Crippen LogP contribution is -2.36. The Morgan fingerprint density at radius 3 is 2.53 bits per heavy atom. The summed E-state index contributed by atoms with van der Waals surface area (Å²) in [7, 11) is 0. The van der Waals surface area contributed by atoms with E-state index in [9.17, 15) is 9.59 Å². The van der Waals surface area contributed by atoms with Crippen LogP contribution in [0.4, 0.5) is 5.95 Å². The third kappa shape index (κ3) is 3.72. The highest BCUT2D eigenvalue weighted by atomic mass is 16.2. The van der Waals surface area contributed by atoms with Crippen molar-refractivity contribution in [1.29, 1.82) is 0 Å². The zero-order valence-electron chi connectivity index (χ0n) is 8.36.